The second-order valence-electron chi connectivity index (χ2n) is 6.00. The second-order valence-corrected chi connectivity index (χ2v) is 7.49. The van der Waals surface area contributed by atoms with Crippen molar-refractivity contribution < 1.29 is 14.3 Å². The molecule has 2 aromatic rings. The fourth-order valence-corrected chi connectivity index (χ4v) is 3.13. The number of hydrazone groups is 1. The number of carbonyl (C=O) groups is 1. The van der Waals surface area contributed by atoms with Gasteiger partial charge in [-0.1, -0.05) is 31.4 Å². The van der Waals surface area contributed by atoms with Gasteiger partial charge in [0, 0.05) is 9.92 Å². The molecule has 0 spiro atoms. The van der Waals surface area contributed by atoms with E-state index in [4.69, 9.17) is 21.1 Å². The van der Waals surface area contributed by atoms with Gasteiger partial charge in [0.15, 0.2) is 11.5 Å². The van der Waals surface area contributed by atoms with Gasteiger partial charge in [0.05, 0.1) is 25.7 Å². The maximum Gasteiger partial charge on any atom is 0.250 e. The van der Waals surface area contributed by atoms with E-state index in [1.54, 1.807) is 25.5 Å². The topological polar surface area (TPSA) is 59.9 Å². The first kappa shape index (κ1) is 22.1. The summed E-state index contributed by atoms with van der Waals surface area (Å²) >= 11 is 7.27. The average molecular weight is 421 g/mol. The Morgan fingerprint density at radius 1 is 1.18 bits per heavy atom. The lowest BCUT2D eigenvalue weighted by atomic mass is 10.2. The number of rotatable bonds is 11. The van der Waals surface area contributed by atoms with Crippen molar-refractivity contribution in [3.63, 3.8) is 0 Å². The Morgan fingerprint density at radius 3 is 2.68 bits per heavy atom. The SMILES string of the molecule is CCCCCOc1ccc(/C=N/NC(=O)CSc2ccc(Cl)cc2)cc1OC. The predicted molar refractivity (Wildman–Crippen MR) is 116 cm³/mol. The molecule has 28 heavy (non-hydrogen) atoms. The summed E-state index contributed by atoms with van der Waals surface area (Å²) in [6, 6.07) is 12.9. The van der Waals surface area contributed by atoms with Crippen molar-refractivity contribution in [3.05, 3.63) is 53.1 Å². The van der Waals surface area contributed by atoms with Gasteiger partial charge >= 0.3 is 0 Å². The third-order valence-corrected chi connectivity index (χ3v) is 5.04. The molecular formula is C21H25ClN2O3S. The molecule has 0 aliphatic heterocycles. The number of carbonyl (C=O) groups excluding carboxylic acids is 1. The minimum Gasteiger partial charge on any atom is -0.493 e. The number of hydrogen-bond donors (Lipinski definition) is 1. The van der Waals surface area contributed by atoms with Crippen molar-refractivity contribution in [1.82, 2.24) is 5.43 Å². The molecule has 0 unspecified atom stereocenters. The Labute approximate surface area is 175 Å². The number of nitrogens with one attached hydrogen (secondary N) is 1. The lowest BCUT2D eigenvalue weighted by molar-refractivity contribution is -0.118. The van der Waals surface area contributed by atoms with Crippen LogP contribution >= 0.6 is 23.4 Å². The van der Waals surface area contributed by atoms with Crippen LogP contribution in [0.1, 0.15) is 31.7 Å². The second kappa shape index (κ2) is 12.3. The van der Waals surface area contributed by atoms with E-state index in [-0.39, 0.29) is 11.7 Å². The number of nitrogens with zero attached hydrogens (tertiary/aromatic N) is 1. The van der Waals surface area contributed by atoms with Gasteiger partial charge in [-0.2, -0.15) is 5.10 Å². The molecule has 2 aromatic carbocycles. The molecule has 2 rings (SSSR count). The van der Waals surface area contributed by atoms with Crippen molar-refractivity contribution in [1.29, 1.82) is 0 Å². The van der Waals surface area contributed by atoms with Gasteiger partial charge in [0.2, 0.25) is 5.91 Å². The number of ether oxygens (including phenoxy) is 2. The van der Waals surface area contributed by atoms with E-state index < -0.39 is 0 Å². The van der Waals surface area contributed by atoms with Crippen molar-refractivity contribution in [2.75, 3.05) is 19.5 Å². The van der Waals surface area contributed by atoms with Crippen LogP contribution in [0.2, 0.25) is 5.02 Å². The largest absolute Gasteiger partial charge is 0.493 e. The molecule has 0 aliphatic rings. The van der Waals surface area contributed by atoms with E-state index in [9.17, 15) is 4.79 Å². The first-order chi connectivity index (χ1) is 13.6. The molecule has 0 fully saturated rings. The highest BCUT2D eigenvalue weighted by Gasteiger charge is 2.05. The van der Waals surface area contributed by atoms with E-state index in [1.807, 2.05) is 30.3 Å². The van der Waals surface area contributed by atoms with Crippen molar-refractivity contribution in [2.45, 2.75) is 31.1 Å². The Hall–Kier alpha value is -2.18. The van der Waals surface area contributed by atoms with Gasteiger partial charge in [0.1, 0.15) is 0 Å². The highest BCUT2D eigenvalue weighted by atomic mass is 35.5. The van der Waals surface area contributed by atoms with E-state index in [2.05, 4.69) is 17.5 Å². The molecule has 0 saturated carbocycles. The Bertz CT molecular complexity index is 782. The van der Waals surface area contributed by atoms with Crippen LogP contribution in [0.25, 0.3) is 0 Å². The summed E-state index contributed by atoms with van der Waals surface area (Å²) in [6.45, 7) is 2.82. The summed E-state index contributed by atoms with van der Waals surface area (Å²) in [5.41, 5.74) is 3.33. The molecule has 1 N–H and O–H groups in total. The monoisotopic (exact) mass is 420 g/mol. The molecule has 0 atom stereocenters. The zero-order valence-corrected chi connectivity index (χ0v) is 17.7. The van der Waals surface area contributed by atoms with Crippen molar-refractivity contribution in [3.8, 4) is 11.5 Å². The van der Waals surface area contributed by atoms with Crippen LogP contribution in [0.5, 0.6) is 11.5 Å². The third kappa shape index (κ3) is 7.82. The van der Waals surface area contributed by atoms with E-state index in [0.717, 1.165) is 29.7 Å². The lowest BCUT2D eigenvalue weighted by Crippen LogP contribution is -2.19. The number of unbranched alkanes of at least 4 members (excludes halogenated alkanes) is 2. The highest BCUT2D eigenvalue weighted by Crippen LogP contribution is 2.27. The average Bonchev–Trinajstić information content (AvgIpc) is 2.71. The van der Waals surface area contributed by atoms with Gasteiger partial charge in [-0.3, -0.25) is 4.79 Å². The molecule has 0 heterocycles. The number of halogens is 1. The maximum atomic E-state index is 11.9. The summed E-state index contributed by atoms with van der Waals surface area (Å²) < 4.78 is 11.1. The normalized spacial score (nSPS) is 10.8. The zero-order valence-electron chi connectivity index (χ0n) is 16.1. The van der Waals surface area contributed by atoms with Gasteiger partial charge < -0.3 is 9.47 Å². The molecule has 1 amide bonds. The molecular weight excluding hydrogens is 396 g/mol. The van der Waals surface area contributed by atoms with Crippen LogP contribution in [0.15, 0.2) is 52.5 Å². The fraction of sp³-hybridized carbons (Fsp3) is 0.333. The quantitative estimate of drug-likeness (QED) is 0.236. The summed E-state index contributed by atoms with van der Waals surface area (Å²) in [7, 11) is 1.60. The molecule has 150 valence electrons. The van der Waals surface area contributed by atoms with Crippen LogP contribution in [0.3, 0.4) is 0 Å². The van der Waals surface area contributed by atoms with Crippen molar-refractivity contribution >= 4 is 35.5 Å². The Balaban J connectivity index is 1.82. The molecule has 0 radical (unpaired) electrons. The Morgan fingerprint density at radius 2 is 1.96 bits per heavy atom. The fourth-order valence-electron chi connectivity index (χ4n) is 2.31. The minimum absolute atomic E-state index is 0.181. The number of methoxy groups -OCH3 is 1. The smallest absolute Gasteiger partial charge is 0.250 e. The summed E-state index contributed by atoms with van der Waals surface area (Å²) in [4.78, 5) is 12.9. The molecule has 0 aliphatic carbocycles. The van der Waals surface area contributed by atoms with Crippen molar-refractivity contribution in [2.24, 2.45) is 5.10 Å². The molecule has 0 saturated heterocycles. The summed E-state index contributed by atoms with van der Waals surface area (Å²) in [5, 5.41) is 4.68. The van der Waals surface area contributed by atoms with Gasteiger partial charge in [-0.25, -0.2) is 5.43 Å². The third-order valence-electron chi connectivity index (χ3n) is 3.78. The maximum absolute atomic E-state index is 11.9. The van der Waals surface area contributed by atoms with Crippen LogP contribution < -0.4 is 14.9 Å². The van der Waals surface area contributed by atoms with Crippen LogP contribution in [0.4, 0.5) is 0 Å². The first-order valence-corrected chi connectivity index (χ1v) is 10.5. The van der Waals surface area contributed by atoms with E-state index in [0.29, 0.717) is 23.1 Å². The first-order valence-electron chi connectivity index (χ1n) is 9.13. The summed E-state index contributed by atoms with van der Waals surface area (Å²) in [6.07, 6.45) is 4.89. The summed E-state index contributed by atoms with van der Waals surface area (Å²) in [5.74, 6) is 1.44. The van der Waals surface area contributed by atoms with Gasteiger partial charge in [-0.15, -0.1) is 11.8 Å². The van der Waals surface area contributed by atoms with Crippen LogP contribution in [-0.4, -0.2) is 31.6 Å². The molecule has 5 nitrogen and oxygen atoms in total. The zero-order chi connectivity index (χ0) is 20.2. The number of amides is 1. The minimum atomic E-state index is -0.181. The van der Waals surface area contributed by atoms with Gasteiger partial charge in [0.25, 0.3) is 0 Å². The van der Waals surface area contributed by atoms with Crippen LogP contribution in [0, 0.1) is 0 Å². The number of benzene rings is 2. The molecule has 0 aromatic heterocycles. The lowest BCUT2D eigenvalue weighted by Gasteiger charge is -2.11. The van der Waals surface area contributed by atoms with E-state index >= 15 is 0 Å². The van der Waals surface area contributed by atoms with E-state index in [1.165, 1.54) is 11.8 Å². The predicted octanol–water partition coefficient (Wildman–Crippen LogP) is 5.16. The standard InChI is InChI=1S/C21H25ClN2O3S/c1-3-4-5-12-27-19-11-6-16(13-20(19)26-2)14-23-24-21(25)15-28-18-9-7-17(22)8-10-18/h6-11,13-14H,3-5,12,15H2,1-2H3,(H,24,25)/b23-14+. The number of hydrogen-bond acceptors (Lipinski definition) is 5. The van der Waals surface area contributed by atoms with Crippen LogP contribution in [-0.2, 0) is 4.79 Å². The highest BCUT2D eigenvalue weighted by molar-refractivity contribution is 8.00. The van der Waals surface area contributed by atoms with Gasteiger partial charge in [-0.05, 0) is 54.4 Å². The molecule has 7 heteroatoms. The number of thioether (sulfide) groups is 1. The Kier molecular flexibility index (Phi) is 9.72. The molecule has 0 bridgehead atoms.